The Kier molecular flexibility index (Phi) is 2.07. The molecule has 0 saturated heterocycles. The van der Waals surface area contributed by atoms with Gasteiger partial charge >= 0.3 is 0 Å². The third kappa shape index (κ3) is 1.52. The lowest BCUT2D eigenvalue weighted by atomic mass is 10.1. The van der Waals surface area contributed by atoms with Gasteiger partial charge in [-0.15, -0.1) is 0 Å². The molecule has 0 aliphatic rings. The van der Waals surface area contributed by atoms with E-state index < -0.39 is 0 Å². The predicted molar refractivity (Wildman–Crippen MR) is 62.8 cm³/mol. The van der Waals surface area contributed by atoms with Crippen molar-refractivity contribution < 1.29 is 0 Å². The van der Waals surface area contributed by atoms with Crippen LogP contribution in [0, 0.1) is 0 Å². The molecule has 0 unspecified atom stereocenters. The zero-order valence-corrected chi connectivity index (χ0v) is 8.54. The zero-order valence-electron chi connectivity index (χ0n) is 8.54. The Bertz CT molecular complexity index is 620. The Morgan fingerprint density at radius 2 is 1.88 bits per heavy atom. The number of fused-ring (bicyclic) bond motifs is 1. The second-order valence-corrected chi connectivity index (χ2v) is 3.54. The summed E-state index contributed by atoms with van der Waals surface area (Å²) in [4.78, 5) is 12.3. The van der Waals surface area contributed by atoms with E-state index in [1.165, 1.54) is 0 Å². The first kappa shape index (κ1) is 8.97. The highest BCUT2D eigenvalue weighted by Crippen LogP contribution is 2.21. The van der Waals surface area contributed by atoms with Crippen LogP contribution in [-0.2, 0) is 0 Å². The van der Waals surface area contributed by atoms with Crippen LogP contribution in [0.15, 0.2) is 55.2 Å². The second-order valence-electron chi connectivity index (χ2n) is 3.54. The normalized spacial score (nSPS) is 10.5. The minimum atomic E-state index is 0.961. The van der Waals surface area contributed by atoms with Gasteiger partial charge in [-0.3, -0.25) is 4.98 Å². The number of benzene rings is 1. The van der Waals surface area contributed by atoms with Crippen LogP contribution in [0.3, 0.4) is 0 Å². The van der Waals surface area contributed by atoms with Gasteiger partial charge < -0.3 is 0 Å². The molecule has 0 fully saturated rings. The standard InChI is InChI=1S/C13H9N3/c1-2-11(7-14-5-1)10-3-4-13-12(6-10)8-15-9-16-13/h1-9H. The summed E-state index contributed by atoms with van der Waals surface area (Å²) in [6, 6.07) is 10.1. The van der Waals surface area contributed by atoms with Crippen LogP contribution < -0.4 is 0 Å². The average Bonchev–Trinajstić information content (AvgIpc) is 2.39. The predicted octanol–water partition coefficient (Wildman–Crippen LogP) is 2.69. The van der Waals surface area contributed by atoms with E-state index in [0.29, 0.717) is 0 Å². The maximum atomic E-state index is 4.19. The molecule has 0 amide bonds. The van der Waals surface area contributed by atoms with Crippen molar-refractivity contribution in [2.24, 2.45) is 0 Å². The van der Waals surface area contributed by atoms with Crippen LogP contribution in [0.25, 0.3) is 22.0 Å². The first-order valence-corrected chi connectivity index (χ1v) is 5.04. The van der Waals surface area contributed by atoms with Gasteiger partial charge in [-0.1, -0.05) is 12.1 Å². The smallest absolute Gasteiger partial charge is 0.116 e. The lowest BCUT2D eigenvalue weighted by Gasteiger charge is -2.02. The van der Waals surface area contributed by atoms with E-state index in [1.807, 2.05) is 36.7 Å². The molecule has 0 spiro atoms. The third-order valence-electron chi connectivity index (χ3n) is 2.50. The van der Waals surface area contributed by atoms with Gasteiger partial charge in [-0.05, 0) is 23.8 Å². The van der Waals surface area contributed by atoms with E-state index in [9.17, 15) is 0 Å². The fraction of sp³-hybridized carbons (Fsp3) is 0. The molecule has 0 bridgehead atoms. The number of hydrogen-bond donors (Lipinski definition) is 0. The molecule has 0 aliphatic heterocycles. The summed E-state index contributed by atoms with van der Waals surface area (Å²) in [5.41, 5.74) is 3.20. The van der Waals surface area contributed by atoms with Gasteiger partial charge in [0.05, 0.1) is 5.52 Å². The Balaban J connectivity index is 2.19. The van der Waals surface area contributed by atoms with Crippen LogP contribution in [0.5, 0.6) is 0 Å². The van der Waals surface area contributed by atoms with Crippen molar-refractivity contribution in [2.45, 2.75) is 0 Å². The molecule has 16 heavy (non-hydrogen) atoms. The van der Waals surface area contributed by atoms with Crippen molar-refractivity contribution in [1.29, 1.82) is 0 Å². The molecular weight excluding hydrogens is 198 g/mol. The highest BCUT2D eigenvalue weighted by Gasteiger charge is 1.99. The zero-order chi connectivity index (χ0) is 10.8. The van der Waals surface area contributed by atoms with Crippen LogP contribution >= 0.6 is 0 Å². The molecule has 1 aromatic carbocycles. The van der Waals surface area contributed by atoms with Gasteiger partial charge in [0, 0.05) is 29.5 Å². The van der Waals surface area contributed by atoms with E-state index in [1.54, 1.807) is 12.5 Å². The van der Waals surface area contributed by atoms with Gasteiger partial charge in [0.1, 0.15) is 6.33 Å². The molecule has 3 nitrogen and oxygen atoms in total. The molecular formula is C13H9N3. The Labute approximate surface area is 92.8 Å². The van der Waals surface area contributed by atoms with Gasteiger partial charge in [0.15, 0.2) is 0 Å². The Morgan fingerprint density at radius 1 is 0.875 bits per heavy atom. The number of aromatic nitrogens is 3. The van der Waals surface area contributed by atoms with E-state index in [-0.39, 0.29) is 0 Å². The molecule has 0 radical (unpaired) electrons. The number of rotatable bonds is 1. The summed E-state index contributed by atoms with van der Waals surface area (Å²) >= 11 is 0. The fourth-order valence-corrected chi connectivity index (χ4v) is 1.70. The van der Waals surface area contributed by atoms with E-state index in [2.05, 4.69) is 21.0 Å². The quantitative estimate of drug-likeness (QED) is 0.615. The molecule has 0 atom stereocenters. The lowest BCUT2D eigenvalue weighted by Crippen LogP contribution is -1.83. The second kappa shape index (κ2) is 3.70. The van der Waals surface area contributed by atoms with Crippen molar-refractivity contribution in [1.82, 2.24) is 15.0 Å². The summed E-state index contributed by atoms with van der Waals surface area (Å²) in [5.74, 6) is 0. The minimum Gasteiger partial charge on any atom is -0.264 e. The third-order valence-corrected chi connectivity index (χ3v) is 2.50. The van der Waals surface area contributed by atoms with Gasteiger partial charge in [0.2, 0.25) is 0 Å². The molecule has 3 aromatic rings. The Hall–Kier alpha value is -2.29. The first-order valence-electron chi connectivity index (χ1n) is 5.04. The van der Waals surface area contributed by atoms with Gasteiger partial charge in [0.25, 0.3) is 0 Å². The highest BCUT2D eigenvalue weighted by molar-refractivity contribution is 5.83. The first-order chi connectivity index (χ1) is 7.93. The maximum Gasteiger partial charge on any atom is 0.116 e. The largest absolute Gasteiger partial charge is 0.264 e. The van der Waals surface area contributed by atoms with Gasteiger partial charge in [-0.25, -0.2) is 9.97 Å². The monoisotopic (exact) mass is 207 g/mol. The molecule has 2 heterocycles. The van der Waals surface area contributed by atoms with Crippen LogP contribution in [0.2, 0.25) is 0 Å². The number of pyridine rings is 1. The molecule has 0 saturated carbocycles. The minimum absolute atomic E-state index is 0.961. The Morgan fingerprint density at radius 3 is 2.75 bits per heavy atom. The fourth-order valence-electron chi connectivity index (χ4n) is 1.70. The summed E-state index contributed by atoms with van der Waals surface area (Å²) in [6.07, 6.45) is 7.01. The summed E-state index contributed by atoms with van der Waals surface area (Å²) in [7, 11) is 0. The van der Waals surface area contributed by atoms with Crippen LogP contribution in [-0.4, -0.2) is 15.0 Å². The van der Waals surface area contributed by atoms with E-state index >= 15 is 0 Å². The van der Waals surface area contributed by atoms with E-state index in [4.69, 9.17) is 0 Å². The van der Waals surface area contributed by atoms with Crippen molar-refractivity contribution in [2.75, 3.05) is 0 Å². The van der Waals surface area contributed by atoms with Crippen LogP contribution in [0.4, 0.5) is 0 Å². The number of hydrogen-bond acceptors (Lipinski definition) is 3. The van der Waals surface area contributed by atoms with Crippen molar-refractivity contribution >= 4 is 10.9 Å². The van der Waals surface area contributed by atoms with Gasteiger partial charge in [-0.2, -0.15) is 0 Å². The summed E-state index contributed by atoms with van der Waals surface area (Å²) in [5, 5.41) is 1.05. The maximum absolute atomic E-state index is 4.19. The van der Waals surface area contributed by atoms with Crippen LogP contribution in [0.1, 0.15) is 0 Å². The topological polar surface area (TPSA) is 38.7 Å². The molecule has 0 aliphatic carbocycles. The van der Waals surface area contributed by atoms with Crippen molar-refractivity contribution in [3.63, 3.8) is 0 Å². The lowest BCUT2D eigenvalue weighted by molar-refractivity contribution is 1.22. The summed E-state index contributed by atoms with van der Waals surface area (Å²) < 4.78 is 0. The SMILES string of the molecule is c1cncc(-c2ccc3ncncc3c2)c1. The average molecular weight is 207 g/mol. The van der Waals surface area contributed by atoms with E-state index in [0.717, 1.165) is 22.0 Å². The molecule has 2 aromatic heterocycles. The molecule has 0 N–H and O–H groups in total. The number of nitrogens with zero attached hydrogens (tertiary/aromatic N) is 3. The molecule has 76 valence electrons. The summed E-state index contributed by atoms with van der Waals surface area (Å²) in [6.45, 7) is 0. The van der Waals surface area contributed by atoms with Crippen molar-refractivity contribution in [3.05, 3.63) is 55.2 Å². The highest BCUT2D eigenvalue weighted by atomic mass is 14.8. The van der Waals surface area contributed by atoms with Crippen molar-refractivity contribution in [3.8, 4) is 11.1 Å². The molecule has 3 heteroatoms. The molecule has 3 rings (SSSR count).